The van der Waals surface area contributed by atoms with Crippen molar-refractivity contribution in [1.82, 2.24) is 4.57 Å². The molecule has 1 fully saturated rings. The number of ether oxygens (including phenoxy) is 1. The quantitative estimate of drug-likeness (QED) is 0.766. The maximum atomic E-state index is 12.4. The number of nitrogens with zero attached hydrogens (tertiary/aromatic N) is 1. The van der Waals surface area contributed by atoms with Gasteiger partial charge in [-0.1, -0.05) is 19.3 Å². The number of hydrogen-bond acceptors (Lipinski definition) is 4. The summed E-state index contributed by atoms with van der Waals surface area (Å²) in [5, 5.41) is 2.88. The summed E-state index contributed by atoms with van der Waals surface area (Å²) in [6.45, 7) is 2.63. The lowest BCUT2D eigenvalue weighted by molar-refractivity contribution is -0.118. The van der Waals surface area contributed by atoms with E-state index in [4.69, 9.17) is 10.5 Å². The Bertz CT molecular complexity index is 565. The van der Waals surface area contributed by atoms with Gasteiger partial charge in [0.1, 0.15) is 5.69 Å². The van der Waals surface area contributed by atoms with Gasteiger partial charge in [0.05, 0.1) is 12.3 Å². The van der Waals surface area contributed by atoms with E-state index in [9.17, 15) is 9.59 Å². The first-order chi connectivity index (χ1) is 11.0. The zero-order chi connectivity index (χ0) is 16.9. The van der Waals surface area contributed by atoms with Crippen molar-refractivity contribution in [1.29, 1.82) is 0 Å². The number of nitrogens with two attached hydrogens (primary N) is 1. The minimum absolute atomic E-state index is 0. The van der Waals surface area contributed by atoms with E-state index < -0.39 is 0 Å². The number of nitrogens with one attached hydrogen (secondary N) is 1. The van der Waals surface area contributed by atoms with Gasteiger partial charge in [-0.05, 0) is 37.8 Å². The van der Waals surface area contributed by atoms with Crippen LogP contribution < -0.4 is 11.1 Å². The average Bonchev–Trinajstić information content (AvgIpc) is 2.88. The van der Waals surface area contributed by atoms with Crippen molar-refractivity contribution in [3.8, 4) is 0 Å². The molecule has 1 aliphatic carbocycles. The van der Waals surface area contributed by atoms with Crippen molar-refractivity contribution in [2.24, 2.45) is 18.2 Å². The smallest absolute Gasteiger partial charge is 0.355 e. The lowest BCUT2D eigenvalue weighted by Crippen LogP contribution is -2.36. The molecule has 0 bridgehead atoms. The highest BCUT2D eigenvalue weighted by molar-refractivity contribution is 5.94. The van der Waals surface area contributed by atoms with Gasteiger partial charge in [-0.15, -0.1) is 12.4 Å². The Kier molecular flexibility index (Phi) is 7.76. The third kappa shape index (κ3) is 4.98. The molecule has 0 aromatic carbocycles. The molecule has 2 rings (SSSR count). The number of aryl methyl sites for hydroxylation is 1. The molecule has 0 saturated heterocycles. The molecule has 0 spiro atoms. The van der Waals surface area contributed by atoms with Gasteiger partial charge in [-0.3, -0.25) is 4.79 Å². The SMILES string of the molecule is CCOC(=O)c1cc(NC(=O)CC2(CN)CCCCC2)cn1C.Cl. The van der Waals surface area contributed by atoms with Crippen LogP contribution in [0.4, 0.5) is 5.69 Å². The number of hydrogen-bond donors (Lipinski definition) is 2. The molecule has 0 unspecified atom stereocenters. The van der Waals surface area contributed by atoms with Crippen LogP contribution in [0.3, 0.4) is 0 Å². The number of aromatic nitrogens is 1. The highest BCUT2D eigenvalue weighted by Crippen LogP contribution is 2.38. The zero-order valence-electron chi connectivity index (χ0n) is 14.5. The normalized spacial score (nSPS) is 16.1. The van der Waals surface area contributed by atoms with Crippen LogP contribution in [0.5, 0.6) is 0 Å². The second-order valence-electron chi connectivity index (χ2n) is 6.44. The Labute approximate surface area is 149 Å². The summed E-state index contributed by atoms with van der Waals surface area (Å²) in [5.41, 5.74) is 6.91. The number of carbonyl (C=O) groups excluding carboxylic acids is 2. The van der Waals surface area contributed by atoms with E-state index in [-0.39, 0.29) is 29.7 Å². The maximum Gasteiger partial charge on any atom is 0.355 e. The van der Waals surface area contributed by atoms with Crippen LogP contribution in [0.15, 0.2) is 12.3 Å². The molecule has 24 heavy (non-hydrogen) atoms. The molecule has 6 nitrogen and oxygen atoms in total. The average molecular weight is 358 g/mol. The van der Waals surface area contributed by atoms with Gasteiger partial charge in [-0.2, -0.15) is 0 Å². The van der Waals surface area contributed by atoms with Crippen LogP contribution in [0.2, 0.25) is 0 Å². The van der Waals surface area contributed by atoms with Crippen LogP contribution >= 0.6 is 12.4 Å². The third-order valence-electron chi connectivity index (χ3n) is 4.66. The summed E-state index contributed by atoms with van der Waals surface area (Å²) < 4.78 is 6.65. The van der Waals surface area contributed by atoms with Gasteiger partial charge in [0.25, 0.3) is 0 Å². The maximum absolute atomic E-state index is 12.4. The topological polar surface area (TPSA) is 86.3 Å². The van der Waals surface area contributed by atoms with Crippen molar-refractivity contribution in [3.63, 3.8) is 0 Å². The predicted molar refractivity (Wildman–Crippen MR) is 96.4 cm³/mol. The highest BCUT2D eigenvalue weighted by Gasteiger charge is 2.33. The number of anilines is 1. The van der Waals surface area contributed by atoms with Crippen molar-refractivity contribution < 1.29 is 14.3 Å². The summed E-state index contributed by atoms with van der Waals surface area (Å²) in [6, 6.07) is 1.64. The summed E-state index contributed by atoms with van der Waals surface area (Å²) in [7, 11) is 1.75. The monoisotopic (exact) mass is 357 g/mol. The fourth-order valence-electron chi connectivity index (χ4n) is 3.34. The van der Waals surface area contributed by atoms with E-state index in [1.165, 1.54) is 6.42 Å². The van der Waals surface area contributed by atoms with Crippen LogP contribution in [0.25, 0.3) is 0 Å². The molecule has 136 valence electrons. The standard InChI is InChI=1S/C17H27N3O3.ClH/c1-3-23-16(22)14-9-13(11-20(14)2)19-15(21)10-17(12-18)7-5-4-6-8-17;/h9,11H,3-8,10,12,18H2,1-2H3,(H,19,21);1H. The Morgan fingerprint density at radius 2 is 2.00 bits per heavy atom. The third-order valence-corrected chi connectivity index (χ3v) is 4.66. The van der Waals surface area contributed by atoms with Crippen LogP contribution in [0, 0.1) is 5.41 Å². The Balaban J connectivity index is 0.00000288. The van der Waals surface area contributed by atoms with Crippen molar-refractivity contribution in [3.05, 3.63) is 18.0 Å². The molecular weight excluding hydrogens is 330 g/mol. The van der Waals surface area contributed by atoms with Crippen LogP contribution in [-0.2, 0) is 16.6 Å². The molecular formula is C17H28ClN3O3. The van der Waals surface area contributed by atoms with Crippen molar-refractivity contribution in [2.45, 2.75) is 45.4 Å². The molecule has 0 atom stereocenters. The van der Waals surface area contributed by atoms with Gasteiger partial charge in [0.15, 0.2) is 0 Å². The Morgan fingerprint density at radius 1 is 1.33 bits per heavy atom. The second kappa shape index (κ2) is 9.08. The number of halogens is 1. The van der Waals surface area contributed by atoms with Crippen LogP contribution in [0.1, 0.15) is 55.9 Å². The molecule has 1 amide bonds. The van der Waals surface area contributed by atoms with E-state index in [0.29, 0.717) is 31.0 Å². The van der Waals surface area contributed by atoms with Gasteiger partial charge < -0.3 is 20.4 Å². The van der Waals surface area contributed by atoms with Gasteiger partial charge in [0.2, 0.25) is 5.91 Å². The van der Waals surface area contributed by atoms with E-state index in [1.54, 1.807) is 30.8 Å². The van der Waals surface area contributed by atoms with E-state index in [1.807, 2.05) is 0 Å². The number of amides is 1. The molecule has 1 saturated carbocycles. The lowest BCUT2D eigenvalue weighted by atomic mass is 9.71. The largest absolute Gasteiger partial charge is 0.461 e. The second-order valence-corrected chi connectivity index (χ2v) is 6.44. The van der Waals surface area contributed by atoms with Gasteiger partial charge >= 0.3 is 5.97 Å². The van der Waals surface area contributed by atoms with E-state index >= 15 is 0 Å². The molecule has 3 N–H and O–H groups in total. The van der Waals surface area contributed by atoms with E-state index in [2.05, 4.69) is 5.32 Å². The number of esters is 1. The fourth-order valence-corrected chi connectivity index (χ4v) is 3.34. The molecule has 1 aromatic rings. The molecule has 1 heterocycles. The molecule has 0 aliphatic heterocycles. The zero-order valence-corrected chi connectivity index (χ0v) is 15.3. The van der Waals surface area contributed by atoms with Gasteiger partial charge in [0, 0.05) is 19.7 Å². The van der Waals surface area contributed by atoms with Gasteiger partial charge in [-0.25, -0.2) is 4.79 Å². The van der Waals surface area contributed by atoms with Crippen molar-refractivity contribution in [2.75, 3.05) is 18.5 Å². The first kappa shape index (κ1) is 20.5. The minimum Gasteiger partial charge on any atom is -0.461 e. The summed E-state index contributed by atoms with van der Waals surface area (Å²) >= 11 is 0. The number of carbonyl (C=O) groups is 2. The summed E-state index contributed by atoms with van der Waals surface area (Å²) in [4.78, 5) is 24.2. The highest BCUT2D eigenvalue weighted by atomic mass is 35.5. The molecule has 0 radical (unpaired) electrons. The first-order valence-electron chi connectivity index (χ1n) is 8.33. The van der Waals surface area contributed by atoms with Crippen molar-refractivity contribution >= 4 is 30.0 Å². The Morgan fingerprint density at radius 3 is 2.58 bits per heavy atom. The van der Waals surface area contributed by atoms with Crippen LogP contribution in [-0.4, -0.2) is 29.6 Å². The minimum atomic E-state index is -0.388. The first-order valence-corrected chi connectivity index (χ1v) is 8.33. The fraction of sp³-hybridized carbons (Fsp3) is 0.647. The summed E-state index contributed by atoms with van der Waals surface area (Å²) in [5.74, 6) is -0.431. The lowest BCUT2D eigenvalue weighted by Gasteiger charge is -2.35. The number of rotatable bonds is 6. The Hall–Kier alpha value is -1.53. The summed E-state index contributed by atoms with van der Waals surface area (Å²) in [6.07, 6.45) is 7.70. The van der Waals surface area contributed by atoms with E-state index in [0.717, 1.165) is 25.7 Å². The molecule has 7 heteroatoms. The predicted octanol–water partition coefficient (Wildman–Crippen LogP) is 2.86. The molecule has 1 aliphatic rings. The molecule has 1 aromatic heterocycles.